The molecule has 2 aromatic carbocycles. The number of aromatic nitrogens is 4. The van der Waals surface area contributed by atoms with E-state index in [1.807, 2.05) is 30.3 Å². The van der Waals surface area contributed by atoms with Crippen LogP contribution in [-0.2, 0) is 5.54 Å². The molecule has 6 rings (SSSR count). The lowest BCUT2D eigenvalue weighted by Crippen LogP contribution is -2.48. The second kappa shape index (κ2) is 11.5. The van der Waals surface area contributed by atoms with Gasteiger partial charge in [0.25, 0.3) is 0 Å². The fraction of sp³-hybridized carbons (Fsp3) is 0.265. The number of nitrogens with zero attached hydrogens (tertiary/aromatic N) is 3. The third-order valence-electron chi connectivity index (χ3n) is 8.09. The van der Waals surface area contributed by atoms with E-state index in [0.717, 1.165) is 52.5 Å². The molecule has 5 aromatic rings. The van der Waals surface area contributed by atoms with Crippen LogP contribution in [0.15, 0.2) is 89.9 Å². The summed E-state index contributed by atoms with van der Waals surface area (Å²) in [5, 5.41) is 11.3. The zero-order valence-corrected chi connectivity index (χ0v) is 22.8. The summed E-state index contributed by atoms with van der Waals surface area (Å²) in [6.07, 6.45) is 14.6. The van der Waals surface area contributed by atoms with E-state index in [4.69, 9.17) is 11.4 Å². The van der Waals surface area contributed by atoms with E-state index in [0.29, 0.717) is 31.5 Å². The van der Waals surface area contributed by atoms with Gasteiger partial charge in [-0.05, 0) is 55.4 Å². The summed E-state index contributed by atoms with van der Waals surface area (Å²) in [6, 6.07) is 22.7. The third kappa shape index (κ3) is 5.31. The van der Waals surface area contributed by atoms with E-state index < -0.39 is 6.17 Å². The molecule has 206 valence electrons. The average molecular weight is 546 g/mol. The normalized spacial score (nSPS) is 15.2. The lowest BCUT2D eigenvalue weighted by Gasteiger charge is -2.43. The van der Waals surface area contributed by atoms with Crippen molar-refractivity contribution in [1.82, 2.24) is 24.9 Å². The molecular formula is C34H32FN5O. The van der Waals surface area contributed by atoms with Gasteiger partial charge in [0.05, 0.1) is 11.2 Å². The van der Waals surface area contributed by atoms with Gasteiger partial charge < -0.3 is 5.32 Å². The van der Waals surface area contributed by atoms with Gasteiger partial charge in [-0.15, -0.1) is 12.3 Å². The molecule has 0 radical (unpaired) electrons. The fourth-order valence-electron chi connectivity index (χ4n) is 5.68. The molecule has 7 heteroatoms. The fourth-order valence-corrected chi connectivity index (χ4v) is 5.68. The maximum atomic E-state index is 14.1. The summed E-state index contributed by atoms with van der Waals surface area (Å²) in [6.45, 7) is 0.618. The van der Waals surface area contributed by atoms with Crippen molar-refractivity contribution in [2.45, 2.75) is 50.2 Å². The first-order valence-electron chi connectivity index (χ1n) is 14.1. The van der Waals surface area contributed by atoms with E-state index >= 15 is 0 Å². The van der Waals surface area contributed by atoms with Crippen molar-refractivity contribution in [3.05, 3.63) is 101 Å². The number of rotatable bonds is 10. The predicted octanol–water partition coefficient (Wildman–Crippen LogP) is 6.57. The maximum absolute atomic E-state index is 14.1. The van der Waals surface area contributed by atoms with E-state index in [2.05, 4.69) is 63.9 Å². The number of alkyl halides is 1. The number of halogens is 1. The van der Waals surface area contributed by atoms with Crippen molar-refractivity contribution in [3.63, 3.8) is 0 Å². The Morgan fingerprint density at radius 1 is 1.12 bits per heavy atom. The number of terminal acetylenes is 1. The molecule has 3 aromatic heterocycles. The number of hydrogen-bond donors (Lipinski definition) is 2. The summed E-state index contributed by atoms with van der Waals surface area (Å²) in [5.74, 6) is 2.56. The highest BCUT2D eigenvalue weighted by atomic mass is 19.1. The van der Waals surface area contributed by atoms with Crippen LogP contribution in [0.25, 0.3) is 38.9 Å². The SMILES string of the molecule is C#CCCCC(F)/C=C/CNC1(c2ccc(-c3nc4ccn5c(=O)[nH]nc5c4cc3-c3ccccc3)cc2)CCC1. The lowest BCUT2D eigenvalue weighted by molar-refractivity contribution is 0.193. The van der Waals surface area contributed by atoms with Crippen LogP contribution in [0.3, 0.4) is 0 Å². The molecule has 1 aliphatic rings. The molecule has 2 N–H and O–H groups in total. The van der Waals surface area contributed by atoms with Gasteiger partial charge in [0, 0.05) is 41.2 Å². The highest BCUT2D eigenvalue weighted by Crippen LogP contribution is 2.42. The van der Waals surface area contributed by atoms with Crippen molar-refractivity contribution in [3.8, 4) is 34.7 Å². The first kappa shape index (κ1) is 26.7. The minimum atomic E-state index is -0.958. The molecule has 41 heavy (non-hydrogen) atoms. The summed E-state index contributed by atoms with van der Waals surface area (Å²) in [7, 11) is 0. The molecule has 0 aliphatic heterocycles. The quantitative estimate of drug-likeness (QED) is 0.118. The Bertz CT molecular complexity index is 1790. The second-order valence-corrected chi connectivity index (χ2v) is 10.7. The summed E-state index contributed by atoms with van der Waals surface area (Å²) in [5.41, 5.74) is 6.06. The van der Waals surface area contributed by atoms with Crippen LogP contribution in [0.4, 0.5) is 4.39 Å². The van der Waals surface area contributed by atoms with Gasteiger partial charge in [0.15, 0.2) is 5.65 Å². The summed E-state index contributed by atoms with van der Waals surface area (Å²) in [4.78, 5) is 17.2. The van der Waals surface area contributed by atoms with Crippen LogP contribution in [0.5, 0.6) is 0 Å². The molecule has 0 amide bonds. The molecule has 0 saturated heterocycles. The maximum Gasteiger partial charge on any atom is 0.347 e. The molecule has 1 aliphatic carbocycles. The van der Waals surface area contributed by atoms with Crippen molar-refractivity contribution in [2.24, 2.45) is 0 Å². The van der Waals surface area contributed by atoms with Crippen LogP contribution in [-0.4, -0.2) is 32.3 Å². The molecule has 1 fully saturated rings. The van der Waals surface area contributed by atoms with E-state index in [1.54, 1.807) is 12.3 Å². The number of H-pyrrole nitrogens is 1. The Balaban J connectivity index is 1.29. The first-order valence-corrected chi connectivity index (χ1v) is 14.1. The van der Waals surface area contributed by atoms with E-state index in [1.165, 1.54) is 9.96 Å². The topological polar surface area (TPSA) is 75.1 Å². The van der Waals surface area contributed by atoms with Crippen molar-refractivity contribution < 1.29 is 4.39 Å². The van der Waals surface area contributed by atoms with Gasteiger partial charge in [0.2, 0.25) is 0 Å². The Labute approximate surface area is 238 Å². The zero-order valence-electron chi connectivity index (χ0n) is 22.8. The number of nitrogens with one attached hydrogen (secondary N) is 2. The molecule has 1 saturated carbocycles. The average Bonchev–Trinajstić information content (AvgIpc) is 3.37. The summed E-state index contributed by atoms with van der Waals surface area (Å²) >= 11 is 0. The van der Waals surface area contributed by atoms with Gasteiger partial charge in [-0.25, -0.2) is 23.7 Å². The van der Waals surface area contributed by atoms with Crippen LogP contribution in [0.2, 0.25) is 0 Å². The minimum Gasteiger partial charge on any atom is -0.304 e. The van der Waals surface area contributed by atoms with Gasteiger partial charge in [-0.3, -0.25) is 0 Å². The van der Waals surface area contributed by atoms with Gasteiger partial charge >= 0.3 is 5.69 Å². The van der Waals surface area contributed by atoms with Crippen LogP contribution >= 0.6 is 0 Å². The minimum absolute atomic E-state index is 0.101. The largest absolute Gasteiger partial charge is 0.347 e. The molecule has 1 unspecified atom stereocenters. The second-order valence-electron chi connectivity index (χ2n) is 10.7. The highest BCUT2D eigenvalue weighted by Gasteiger charge is 2.37. The molecule has 1 atom stereocenters. The Morgan fingerprint density at radius 2 is 1.93 bits per heavy atom. The van der Waals surface area contributed by atoms with Crippen molar-refractivity contribution in [1.29, 1.82) is 0 Å². The van der Waals surface area contributed by atoms with E-state index in [-0.39, 0.29) is 11.2 Å². The van der Waals surface area contributed by atoms with Gasteiger partial charge in [0.1, 0.15) is 6.17 Å². The molecule has 3 heterocycles. The first-order chi connectivity index (χ1) is 20.1. The molecule has 0 spiro atoms. The Hall–Kier alpha value is -4.54. The highest BCUT2D eigenvalue weighted by molar-refractivity contribution is 5.98. The smallest absolute Gasteiger partial charge is 0.304 e. The number of aromatic amines is 1. The van der Waals surface area contributed by atoms with Crippen LogP contribution < -0.4 is 11.0 Å². The summed E-state index contributed by atoms with van der Waals surface area (Å²) < 4.78 is 15.6. The monoisotopic (exact) mass is 545 g/mol. The van der Waals surface area contributed by atoms with E-state index in [9.17, 15) is 9.18 Å². The Morgan fingerprint density at radius 3 is 2.66 bits per heavy atom. The molecule has 6 nitrogen and oxygen atoms in total. The number of unbranched alkanes of at least 4 members (excludes halogenated alkanes) is 1. The van der Waals surface area contributed by atoms with Gasteiger partial charge in [-0.2, -0.15) is 5.10 Å². The number of hydrogen-bond acceptors (Lipinski definition) is 4. The van der Waals surface area contributed by atoms with Crippen LogP contribution in [0, 0.1) is 12.3 Å². The number of benzene rings is 2. The molecular weight excluding hydrogens is 513 g/mol. The van der Waals surface area contributed by atoms with Crippen molar-refractivity contribution >= 4 is 16.6 Å². The number of fused-ring (bicyclic) bond motifs is 3. The standard InChI is InChI=1S/C34H32FN5O/c1-2-3-5-12-27(35)13-8-21-36-34(19-9-20-34)26-16-14-25(15-17-26)31-28(24-10-6-4-7-11-24)23-29-30(37-31)18-22-40-32(29)38-39-33(40)41/h1,4,6-8,10-11,13-18,22-23,27,36H,3,5,9,12,19-21H2,(H,39,41)/b13-8+. The van der Waals surface area contributed by atoms with Gasteiger partial charge in [-0.1, -0.05) is 66.7 Å². The molecule has 0 bridgehead atoms. The predicted molar refractivity (Wildman–Crippen MR) is 162 cm³/mol. The number of allylic oxidation sites excluding steroid dienone is 1. The zero-order chi connectivity index (χ0) is 28.2. The Kier molecular flexibility index (Phi) is 7.49. The number of pyridine rings is 2. The lowest BCUT2D eigenvalue weighted by atomic mass is 9.71. The van der Waals surface area contributed by atoms with Crippen LogP contribution in [0.1, 0.15) is 44.1 Å². The third-order valence-corrected chi connectivity index (χ3v) is 8.09. The van der Waals surface area contributed by atoms with Crippen molar-refractivity contribution in [2.75, 3.05) is 6.54 Å².